The molecular weight excluding hydrogens is 354 g/mol. The van der Waals surface area contributed by atoms with Crippen molar-refractivity contribution in [3.05, 3.63) is 82.2 Å². The van der Waals surface area contributed by atoms with Gasteiger partial charge in [0.15, 0.2) is 0 Å². The van der Waals surface area contributed by atoms with E-state index < -0.39 is 0 Å². The van der Waals surface area contributed by atoms with Gasteiger partial charge in [-0.1, -0.05) is 29.8 Å². The van der Waals surface area contributed by atoms with Crippen LogP contribution in [0, 0.1) is 17.0 Å². The molecule has 0 saturated carbocycles. The van der Waals surface area contributed by atoms with Crippen LogP contribution in [0.4, 0.5) is 11.6 Å². The number of benzene rings is 2. The molecule has 28 heavy (non-hydrogen) atoms. The molecule has 0 atom stereocenters. The molecule has 0 amide bonds. The monoisotopic (exact) mass is 377 g/mol. The molecule has 0 spiro atoms. The molecule has 0 radical (unpaired) electrons. The molecule has 0 bridgehead atoms. The summed E-state index contributed by atoms with van der Waals surface area (Å²) in [5, 5.41) is 11.0. The van der Waals surface area contributed by atoms with Gasteiger partial charge in [0.2, 0.25) is 5.95 Å². The van der Waals surface area contributed by atoms with Crippen molar-refractivity contribution in [2.24, 2.45) is 0 Å². The molecule has 1 saturated heterocycles. The van der Waals surface area contributed by atoms with Crippen LogP contribution >= 0.6 is 0 Å². The number of non-ortho nitro benzene ring substituents is 1. The summed E-state index contributed by atoms with van der Waals surface area (Å²) in [7, 11) is 0. The largest absolute Gasteiger partial charge is 0.339 e. The summed E-state index contributed by atoms with van der Waals surface area (Å²) in [6.07, 6.45) is 3.83. The summed E-state index contributed by atoms with van der Waals surface area (Å²) >= 11 is 0. The Morgan fingerprint density at radius 2 is 1.82 bits per heavy atom. The van der Waals surface area contributed by atoms with Crippen molar-refractivity contribution < 1.29 is 4.92 Å². The maximum atomic E-state index is 11.0. The highest BCUT2D eigenvalue weighted by atomic mass is 16.6. The Morgan fingerprint density at radius 1 is 1.07 bits per heavy atom. The van der Waals surface area contributed by atoms with Gasteiger partial charge in [0.1, 0.15) is 0 Å². The lowest BCUT2D eigenvalue weighted by atomic mass is 10.2. The van der Waals surface area contributed by atoms with Gasteiger partial charge < -0.3 is 4.90 Å². The van der Waals surface area contributed by atoms with Crippen molar-refractivity contribution in [2.45, 2.75) is 13.5 Å². The summed E-state index contributed by atoms with van der Waals surface area (Å²) in [5.41, 5.74) is 3.47. The zero-order valence-electron chi connectivity index (χ0n) is 15.9. The number of aromatic nitrogens is 2. The van der Waals surface area contributed by atoms with E-state index in [9.17, 15) is 10.1 Å². The molecule has 0 unspecified atom stereocenters. The minimum atomic E-state index is -0.341. The topological polar surface area (TPSA) is 67.4 Å². The number of hydrogen-bond donors (Lipinski definition) is 0. The Morgan fingerprint density at radius 3 is 2.54 bits per heavy atom. The zero-order chi connectivity index (χ0) is 19.5. The molecule has 7 heteroatoms. The van der Waals surface area contributed by atoms with E-state index >= 15 is 0 Å². The molecule has 2 aromatic carbocycles. The van der Waals surface area contributed by atoms with E-state index in [1.807, 2.05) is 18.5 Å². The van der Waals surface area contributed by atoms with E-state index in [1.165, 1.54) is 11.6 Å². The van der Waals surface area contributed by atoms with Crippen LogP contribution in [0.3, 0.4) is 0 Å². The van der Waals surface area contributed by atoms with Gasteiger partial charge in [0.05, 0.1) is 4.92 Å². The van der Waals surface area contributed by atoms with Gasteiger partial charge in [0, 0.05) is 62.9 Å². The number of aryl methyl sites for hydroxylation is 1. The molecule has 144 valence electrons. The minimum absolute atomic E-state index is 0.149. The van der Waals surface area contributed by atoms with Gasteiger partial charge in [0.25, 0.3) is 5.69 Å². The zero-order valence-corrected chi connectivity index (χ0v) is 15.9. The second-order valence-electron chi connectivity index (χ2n) is 7.12. The third-order valence-electron chi connectivity index (χ3n) is 5.12. The standard InChI is InChI=1S/C21H23N5O2/c1-17-5-7-19(8-6-17)25-10-9-22-21(25)24-13-11-23(12-14-24)16-18-3-2-4-20(15-18)26(27)28/h2-10,15H,11-14,16H2,1H3. The lowest BCUT2D eigenvalue weighted by Crippen LogP contribution is -2.46. The highest BCUT2D eigenvalue weighted by Gasteiger charge is 2.21. The van der Waals surface area contributed by atoms with Crippen molar-refractivity contribution in [3.63, 3.8) is 0 Å². The second-order valence-corrected chi connectivity index (χ2v) is 7.12. The summed E-state index contributed by atoms with van der Waals surface area (Å²) in [6.45, 7) is 6.34. The van der Waals surface area contributed by atoms with Gasteiger partial charge in [-0.3, -0.25) is 19.6 Å². The van der Waals surface area contributed by atoms with Crippen LogP contribution in [0.1, 0.15) is 11.1 Å². The maximum absolute atomic E-state index is 11.0. The molecule has 0 N–H and O–H groups in total. The van der Waals surface area contributed by atoms with Crippen molar-refractivity contribution in [1.29, 1.82) is 0 Å². The molecule has 7 nitrogen and oxygen atoms in total. The number of nitro benzene ring substituents is 1. The normalized spacial score (nSPS) is 15.0. The average Bonchev–Trinajstić information content (AvgIpc) is 3.19. The van der Waals surface area contributed by atoms with Crippen molar-refractivity contribution >= 4 is 11.6 Å². The van der Waals surface area contributed by atoms with Gasteiger partial charge in [-0.15, -0.1) is 0 Å². The van der Waals surface area contributed by atoms with Crippen LogP contribution in [0.5, 0.6) is 0 Å². The van der Waals surface area contributed by atoms with Gasteiger partial charge in [-0.2, -0.15) is 0 Å². The van der Waals surface area contributed by atoms with E-state index in [-0.39, 0.29) is 10.6 Å². The minimum Gasteiger partial charge on any atom is -0.339 e. The first-order valence-corrected chi connectivity index (χ1v) is 9.41. The molecule has 1 aliphatic rings. The molecule has 4 rings (SSSR count). The third kappa shape index (κ3) is 3.89. The van der Waals surface area contributed by atoms with Gasteiger partial charge in [-0.25, -0.2) is 4.98 Å². The lowest BCUT2D eigenvalue weighted by Gasteiger charge is -2.35. The summed E-state index contributed by atoms with van der Waals surface area (Å²) in [5.74, 6) is 0.957. The Bertz CT molecular complexity index is 959. The molecule has 0 aliphatic carbocycles. The van der Waals surface area contributed by atoms with E-state index in [0.29, 0.717) is 0 Å². The van der Waals surface area contributed by atoms with Crippen LogP contribution in [-0.4, -0.2) is 45.6 Å². The molecular formula is C21H23N5O2. The molecule has 1 aromatic heterocycles. The maximum Gasteiger partial charge on any atom is 0.269 e. The van der Waals surface area contributed by atoms with Crippen molar-refractivity contribution in [3.8, 4) is 5.69 Å². The van der Waals surface area contributed by atoms with Crippen molar-refractivity contribution in [2.75, 3.05) is 31.1 Å². The van der Waals surface area contributed by atoms with E-state index in [0.717, 1.165) is 49.9 Å². The van der Waals surface area contributed by atoms with E-state index in [2.05, 4.69) is 50.5 Å². The van der Waals surface area contributed by atoms with Crippen LogP contribution < -0.4 is 4.90 Å². The molecule has 1 aliphatic heterocycles. The Hall–Kier alpha value is -3.19. The second kappa shape index (κ2) is 7.82. The highest BCUT2D eigenvalue weighted by molar-refractivity contribution is 5.45. The van der Waals surface area contributed by atoms with E-state index in [1.54, 1.807) is 12.1 Å². The smallest absolute Gasteiger partial charge is 0.269 e. The van der Waals surface area contributed by atoms with Gasteiger partial charge in [-0.05, 0) is 24.6 Å². The number of rotatable bonds is 5. The Labute approximate surface area is 164 Å². The van der Waals surface area contributed by atoms with Crippen molar-refractivity contribution in [1.82, 2.24) is 14.5 Å². The predicted molar refractivity (Wildman–Crippen MR) is 109 cm³/mol. The summed E-state index contributed by atoms with van der Waals surface area (Å²) in [6, 6.07) is 15.3. The summed E-state index contributed by atoms with van der Waals surface area (Å²) in [4.78, 5) is 19.8. The Kier molecular flexibility index (Phi) is 5.08. The SMILES string of the molecule is Cc1ccc(-n2ccnc2N2CCN(Cc3cccc([N+](=O)[O-])c3)CC2)cc1. The number of piperazine rings is 1. The van der Waals surface area contributed by atoms with Crippen LogP contribution in [0.15, 0.2) is 60.9 Å². The fourth-order valence-electron chi connectivity index (χ4n) is 3.57. The number of nitrogens with zero attached hydrogens (tertiary/aromatic N) is 5. The molecule has 2 heterocycles. The lowest BCUT2D eigenvalue weighted by molar-refractivity contribution is -0.384. The number of nitro groups is 1. The van der Waals surface area contributed by atoms with Gasteiger partial charge >= 0.3 is 0 Å². The average molecular weight is 377 g/mol. The first-order chi connectivity index (χ1) is 13.6. The van der Waals surface area contributed by atoms with Crippen LogP contribution in [-0.2, 0) is 6.54 Å². The van der Waals surface area contributed by atoms with Crippen LogP contribution in [0.2, 0.25) is 0 Å². The molecule has 3 aromatic rings. The predicted octanol–water partition coefficient (Wildman–Crippen LogP) is 3.41. The fourth-order valence-corrected chi connectivity index (χ4v) is 3.57. The first kappa shape index (κ1) is 18.2. The first-order valence-electron chi connectivity index (χ1n) is 9.41. The Balaban J connectivity index is 1.41. The summed E-state index contributed by atoms with van der Waals surface area (Å²) < 4.78 is 2.12. The number of anilines is 1. The number of hydrogen-bond acceptors (Lipinski definition) is 5. The van der Waals surface area contributed by atoms with Crippen LogP contribution in [0.25, 0.3) is 5.69 Å². The quantitative estimate of drug-likeness (QED) is 0.503. The van der Waals surface area contributed by atoms with E-state index in [4.69, 9.17) is 0 Å². The number of imidazole rings is 1. The molecule has 1 fully saturated rings. The fraction of sp³-hybridized carbons (Fsp3) is 0.286. The highest BCUT2D eigenvalue weighted by Crippen LogP contribution is 2.21. The third-order valence-corrected chi connectivity index (χ3v) is 5.12.